The smallest absolute Gasteiger partial charge is 0.274 e. The van der Waals surface area contributed by atoms with Crippen LogP contribution in [0.15, 0.2) is 36.5 Å². The molecule has 0 spiro atoms. The van der Waals surface area contributed by atoms with E-state index >= 15 is 0 Å². The number of nitrogens with zero attached hydrogens (tertiary/aromatic N) is 4. The maximum Gasteiger partial charge on any atom is 0.274 e. The monoisotopic (exact) mass is 277 g/mol. The van der Waals surface area contributed by atoms with Crippen LogP contribution in [-0.4, -0.2) is 52.9 Å². The van der Waals surface area contributed by atoms with E-state index in [-0.39, 0.29) is 0 Å². The second-order valence-electron chi connectivity index (χ2n) is 4.80. The molecule has 0 radical (unpaired) electrons. The highest BCUT2D eigenvalue weighted by atomic mass is 16.6. The van der Waals surface area contributed by atoms with E-state index in [9.17, 15) is 10.1 Å². The lowest BCUT2D eigenvalue weighted by Gasteiger charge is -2.34. The molecule has 1 aliphatic heterocycles. The molecule has 0 unspecified atom stereocenters. The minimum Gasteiger partial charge on any atom is -0.362 e. The summed E-state index contributed by atoms with van der Waals surface area (Å²) in [7, 11) is 2.05. The van der Waals surface area contributed by atoms with Crippen molar-refractivity contribution >= 4 is 0 Å². The minimum atomic E-state index is -0.413. The predicted octanol–water partition coefficient (Wildman–Crippen LogP) is 0.494. The lowest BCUT2D eigenvalue weighted by molar-refractivity contribution is -0.404. The molecule has 0 amide bonds. The van der Waals surface area contributed by atoms with E-state index in [4.69, 9.17) is 0 Å². The topological polar surface area (TPSA) is 74.5 Å². The zero-order valence-electron chi connectivity index (χ0n) is 11.5. The van der Waals surface area contributed by atoms with Gasteiger partial charge in [-0.05, 0) is 18.7 Å². The molecule has 0 aliphatic carbocycles. The molecule has 0 saturated carbocycles. The van der Waals surface area contributed by atoms with Crippen LogP contribution in [0.3, 0.4) is 0 Å². The van der Waals surface area contributed by atoms with Crippen LogP contribution in [0.5, 0.6) is 0 Å². The average molecular weight is 277 g/mol. The van der Waals surface area contributed by atoms with Crippen molar-refractivity contribution in [2.45, 2.75) is 6.54 Å². The molecule has 2 heterocycles. The zero-order valence-corrected chi connectivity index (χ0v) is 11.5. The predicted molar refractivity (Wildman–Crippen MR) is 75.2 cm³/mol. The number of aromatic nitrogens is 1. The molecule has 20 heavy (non-hydrogen) atoms. The van der Waals surface area contributed by atoms with Gasteiger partial charge in [-0.2, -0.15) is 0 Å². The second kappa shape index (κ2) is 6.85. The molecule has 108 valence electrons. The highest BCUT2D eigenvalue weighted by Crippen LogP contribution is 2.07. The van der Waals surface area contributed by atoms with Crippen molar-refractivity contribution in [2.24, 2.45) is 0 Å². The van der Waals surface area contributed by atoms with Crippen molar-refractivity contribution in [3.8, 4) is 0 Å². The van der Waals surface area contributed by atoms with E-state index in [1.54, 1.807) is 12.4 Å². The van der Waals surface area contributed by atoms with Gasteiger partial charge < -0.3 is 15.1 Å². The Morgan fingerprint density at radius 2 is 2.25 bits per heavy atom. The molecular weight excluding hydrogens is 258 g/mol. The Labute approximate surface area is 118 Å². The highest BCUT2D eigenvalue weighted by molar-refractivity contribution is 5.10. The summed E-state index contributed by atoms with van der Waals surface area (Å²) in [5.41, 5.74) is 0.996. The molecule has 2 rings (SSSR count). The van der Waals surface area contributed by atoms with Crippen molar-refractivity contribution in [3.63, 3.8) is 0 Å². The Balaban J connectivity index is 1.99. The van der Waals surface area contributed by atoms with Gasteiger partial charge in [0.25, 0.3) is 6.20 Å². The molecular formula is C13H19N5O2. The van der Waals surface area contributed by atoms with Crippen molar-refractivity contribution in [1.29, 1.82) is 0 Å². The van der Waals surface area contributed by atoms with Gasteiger partial charge in [0.05, 0.1) is 4.92 Å². The van der Waals surface area contributed by atoms with Gasteiger partial charge in [-0.25, -0.2) is 0 Å². The number of piperazine rings is 1. The maximum atomic E-state index is 10.8. The molecule has 1 aliphatic rings. The van der Waals surface area contributed by atoms with Gasteiger partial charge in [0.2, 0.25) is 0 Å². The molecule has 7 heteroatoms. The fraction of sp³-hybridized carbons (Fsp3) is 0.462. The minimum absolute atomic E-state index is 0.413. The fourth-order valence-corrected chi connectivity index (χ4v) is 2.08. The van der Waals surface area contributed by atoms with Gasteiger partial charge in [-0.15, -0.1) is 0 Å². The van der Waals surface area contributed by atoms with Crippen molar-refractivity contribution < 1.29 is 4.92 Å². The van der Waals surface area contributed by atoms with Crippen molar-refractivity contribution in [3.05, 3.63) is 52.2 Å². The quantitative estimate of drug-likeness (QED) is 0.624. The van der Waals surface area contributed by atoms with Crippen LogP contribution >= 0.6 is 0 Å². The first-order valence-corrected chi connectivity index (χ1v) is 6.57. The number of likely N-dealkylation sites (N-methyl/N-ethyl adjacent to an activating group) is 1. The summed E-state index contributed by atoms with van der Waals surface area (Å²) in [5.74, 6) is 0.562. The van der Waals surface area contributed by atoms with Crippen LogP contribution in [-0.2, 0) is 6.54 Å². The number of hydrogen-bond acceptors (Lipinski definition) is 6. The first kappa shape index (κ1) is 14.3. The van der Waals surface area contributed by atoms with Crippen LogP contribution in [0.2, 0.25) is 0 Å². The van der Waals surface area contributed by atoms with Crippen LogP contribution in [0, 0.1) is 10.1 Å². The molecule has 1 saturated heterocycles. The zero-order chi connectivity index (χ0) is 14.4. The first-order chi connectivity index (χ1) is 9.65. The van der Waals surface area contributed by atoms with Crippen molar-refractivity contribution in [2.75, 3.05) is 33.2 Å². The summed E-state index contributed by atoms with van der Waals surface area (Å²) < 4.78 is 0. The van der Waals surface area contributed by atoms with Crippen LogP contribution in [0.25, 0.3) is 0 Å². The van der Waals surface area contributed by atoms with E-state index in [0.29, 0.717) is 12.4 Å². The van der Waals surface area contributed by atoms with Gasteiger partial charge >= 0.3 is 0 Å². The van der Waals surface area contributed by atoms with Crippen LogP contribution < -0.4 is 5.32 Å². The van der Waals surface area contributed by atoms with Gasteiger partial charge in [0, 0.05) is 45.1 Å². The molecule has 1 fully saturated rings. The Morgan fingerprint density at radius 3 is 2.85 bits per heavy atom. The Kier molecular flexibility index (Phi) is 4.89. The SMILES string of the molecule is CN1CCN(C(=C[N+](=O)[O-])NCc2cccnc2)CC1. The number of nitrogens with one attached hydrogen (secondary N) is 1. The van der Waals surface area contributed by atoms with Crippen LogP contribution in [0.1, 0.15) is 5.56 Å². The molecule has 7 nitrogen and oxygen atoms in total. The van der Waals surface area contributed by atoms with Crippen LogP contribution in [0.4, 0.5) is 0 Å². The third-order valence-electron chi connectivity index (χ3n) is 3.27. The molecule has 0 bridgehead atoms. The van der Waals surface area contributed by atoms with Gasteiger partial charge in [-0.1, -0.05) is 6.07 Å². The molecule has 1 aromatic rings. The summed E-state index contributed by atoms with van der Waals surface area (Å²) in [6.07, 6.45) is 4.50. The number of rotatable bonds is 5. The summed E-state index contributed by atoms with van der Waals surface area (Å²) in [5, 5.41) is 13.9. The van der Waals surface area contributed by atoms with Gasteiger partial charge in [0.15, 0.2) is 5.82 Å². The third kappa shape index (κ3) is 4.20. The molecule has 0 aromatic carbocycles. The lowest BCUT2D eigenvalue weighted by atomic mass is 10.3. The molecule has 0 atom stereocenters. The Hall–Kier alpha value is -2.15. The van der Waals surface area contributed by atoms with E-state index in [1.165, 1.54) is 0 Å². The highest BCUT2D eigenvalue weighted by Gasteiger charge is 2.18. The van der Waals surface area contributed by atoms with E-state index in [1.807, 2.05) is 17.0 Å². The third-order valence-corrected chi connectivity index (χ3v) is 3.27. The summed E-state index contributed by atoms with van der Waals surface area (Å²) in [4.78, 5) is 18.6. The normalized spacial score (nSPS) is 17.1. The number of pyridine rings is 1. The lowest BCUT2D eigenvalue weighted by Crippen LogP contribution is -2.46. The average Bonchev–Trinajstić information content (AvgIpc) is 2.45. The molecule has 1 aromatic heterocycles. The van der Waals surface area contributed by atoms with Gasteiger partial charge in [-0.3, -0.25) is 15.1 Å². The maximum absolute atomic E-state index is 10.8. The van der Waals surface area contributed by atoms with Crippen molar-refractivity contribution in [1.82, 2.24) is 20.1 Å². The van der Waals surface area contributed by atoms with Gasteiger partial charge in [0.1, 0.15) is 0 Å². The Bertz CT molecular complexity index is 469. The summed E-state index contributed by atoms with van der Waals surface area (Å²) in [6, 6.07) is 3.79. The summed E-state index contributed by atoms with van der Waals surface area (Å²) >= 11 is 0. The largest absolute Gasteiger partial charge is 0.362 e. The first-order valence-electron chi connectivity index (χ1n) is 6.57. The number of nitro groups is 1. The Morgan fingerprint density at radius 1 is 1.50 bits per heavy atom. The van der Waals surface area contributed by atoms with E-state index < -0.39 is 4.92 Å². The molecule has 1 N–H and O–H groups in total. The fourth-order valence-electron chi connectivity index (χ4n) is 2.08. The van der Waals surface area contributed by atoms with E-state index in [0.717, 1.165) is 37.9 Å². The standard InChI is InChI=1S/C13H19N5O2/c1-16-5-7-17(8-6-16)13(11-18(19)20)15-10-12-3-2-4-14-9-12/h2-4,9,11,15H,5-8,10H2,1H3. The summed E-state index contributed by atoms with van der Waals surface area (Å²) in [6.45, 7) is 3.92. The second-order valence-corrected chi connectivity index (χ2v) is 4.80. The number of hydrogen-bond donors (Lipinski definition) is 1. The van der Waals surface area contributed by atoms with E-state index in [2.05, 4.69) is 22.2 Å².